The molecular weight excluding hydrogens is 382 g/mol. The molecule has 2 aromatic heterocycles. The molecule has 3 rings (SSSR count). The van der Waals surface area contributed by atoms with Gasteiger partial charge in [0.2, 0.25) is 0 Å². The number of anilines is 1. The molecule has 0 radical (unpaired) electrons. The van der Waals surface area contributed by atoms with Crippen LogP contribution in [0.2, 0.25) is 0 Å². The molecule has 5 nitrogen and oxygen atoms in total. The van der Waals surface area contributed by atoms with E-state index in [0.29, 0.717) is 12.3 Å². The highest BCUT2D eigenvalue weighted by molar-refractivity contribution is 9.10. The highest BCUT2D eigenvalue weighted by atomic mass is 79.9. The Balaban J connectivity index is 1.75. The molecule has 6 heteroatoms. The van der Waals surface area contributed by atoms with E-state index < -0.39 is 0 Å². The Morgan fingerprint density at radius 3 is 2.64 bits per heavy atom. The second-order valence-electron chi connectivity index (χ2n) is 6.11. The molecule has 0 aliphatic heterocycles. The number of furan rings is 1. The van der Waals surface area contributed by atoms with Gasteiger partial charge in [0.25, 0.3) is 5.91 Å². The van der Waals surface area contributed by atoms with Crippen molar-refractivity contribution in [2.24, 2.45) is 0 Å². The van der Waals surface area contributed by atoms with Crippen LogP contribution in [0.15, 0.2) is 39.2 Å². The largest absolute Gasteiger partial charge is 0.454 e. The number of rotatable bonds is 4. The molecule has 0 fully saturated rings. The monoisotopic (exact) mass is 401 g/mol. The van der Waals surface area contributed by atoms with Crippen molar-refractivity contribution in [3.8, 4) is 0 Å². The Morgan fingerprint density at radius 1 is 1.20 bits per heavy atom. The smallest absolute Gasteiger partial charge is 0.291 e. The maximum atomic E-state index is 12.4. The van der Waals surface area contributed by atoms with Gasteiger partial charge in [0.1, 0.15) is 5.76 Å². The van der Waals surface area contributed by atoms with E-state index in [-0.39, 0.29) is 11.7 Å². The van der Waals surface area contributed by atoms with Gasteiger partial charge in [-0.25, -0.2) is 0 Å². The third-order valence-corrected chi connectivity index (χ3v) is 5.48. The maximum Gasteiger partial charge on any atom is 0.291 e. The van der Waals surface area contributed by atoms with Gasteiger partial charge in [0.15, 0.2) is 5.76 Å². The molecule has 2 heterocycles. The van der Waals surface area contributed by atoms with Crippen molar-refractivity contribution in [3.63, 3.8) is 0 Å². The van der Waals surface area contributed by atoms with Gasteiger partial charge < -0.3 is 9.73 Å². The lowest BCUT2D eigenvalue weighted by atomic mass is 10.1. The molecule has 0 spiro atoms. The van der Waals surface area contributed by atoms with Crippen LogP contribution in [0.5, 0.6) is 0 Å². The van der Waals surface area contributed by atoms with Crippen LogP contribution in [-0.2, 0) is 6.54 Å². The molecular formula is C19H20BrN3O2. The van der Waals surface area contributed by atoms with Gasteiger partial charge in [-0.2, -0.15) is 5.10 Å². The summed E-state index contributed by atoms with van der Waals surface area (Å²) in [6.07, 6.45) is 0. The fourth-order valence-corrected chi connectivity index (χ4v) is 2.92. The van der Waals surface area contributed by atoms with Crippen molar-refractivity contribution >= 4 is 27.5 Å². The highest BCUT2D eigenvalue weighted by Gasteiger charge is 2.15. The van der Waals surface area contributed by atoms with E-state index in [0.717, 1.165) is 32.7 Å². The fourth-order valence-electron chi connectivity index (χ4n) is 2.63. The van der Waals surface area contributed by atoms with E-state index >= 15 is 0 Å². The average Bonchev–Trinajstić information content (AvgIpc) is 3.13. The lowest BCUT2D eigenvalue weighted by molar-refractivity contribution is 0.0994. The van der Waals surface area contributed by atoms with E-state index in [1.54, 1.807) is 6.07 Å². The van der Waals surface area contributed by atoms with Crippen molar-refractivity contribution in [3.05, 3.63) is 68.8 Å². The SMILES string of the molecule is Cc1cccc(NC(=O)c2ccc(Cn3nc(C)c(Br)c3C)o2)c1C. The van der Waals surface area contributed by atoms with E-state index in [9.17, 15) is 4.79 Å². The van der Waals surface area contributed by atoms with Crippen LogP contribution in [0.3, 0.4) is 0 Å². The van der Waals surface area contributed by atoms with Gasteiger partial charge in [0, 0.05) is 5.69 Å². The molecule has 0 aliphatic carbocycles. The third kappa shape index (κ3) is 3.54. The minimum Gasteiger partial charge on any atom is -0.454 e. The lowest BCUT2D eigenvalue weighted by Gasteiger charge is -2.09. The van der Waals surface area contributed by atoms with E-state index in [1.807, 2.05) is 56.6 Å². The van der Waals surface area contributed by atoms with Crippen LogP contribution in [0, 0.1) is 27.7 Å². The molecule has 0 atom stereocenters. The molecule has 25 heavy (non-hydrogen) atoms. The third-order valence-electron chi connectivity index (χ3n) is 4.34. The molecule has 0 saturated heterocycles. The minimum absolute atomic E-state index is 0.255. The number of benzene rings is 1. The highest BCUT2D eigenvalue weighted by Crippen LogP contribution is 2.22. The minimum atomic E-state index is -0.255. The Kier molecular flexibility index (Phi) is 4.81. The van der Waals surface area contributed by atoms with Gasteiger partial charge >= 0.3 is 0 Å². The number of hydrogen-bond donors (Lipinski definition) is 1. The molecule has 1 N–H and O–H groups in total. The zero-order chi connectivity index (χ0) is 18.1. The Bertz CT molecular complexity index is 940. The predicted molar refractivity (Wildman–Crippen MR) is 101 cm³/mol. The second kappa shape index (κ2) is 6.88. The van der Waals surface area contributed by atoms with Crippen LogP contribution in [-0.4, -0.2) is 15.7 Å². The van der Waals surface area contributed by atoms with Crippen LogP contribution in [0.1, 0.15) is 38.8 Å². The van der Waals surface area contributed by atoms with E-state index in [2.05, 4.69) is 26.3 Å². The molecule has 3 aromatic rings. The van der Waals surface area contributed by atoms with Gasteiger partial charge in [-0.3, -0.25) is 9.48 Å². The summed E-state index contributed by atoms with van der Waals surface area (Å²) in [5.41, 5.74) is 4.93. The molecule has 0 aliphatic rings. The first-order valence-corrected chi connectivity index (χ1v) is 8.82. The first-order chi connectivity index (χ1) is 11.9. The number of halogens is 1. The zero-order valence-corrected chi connectivity index (χ0v) is 16.3. The normalized spacial score (nSPS) is 10.9. The number of amides is 1. The summed E-state index contributed by atoms with van der Waals surface area (Å²) in [5.74, 6) is 0.718. The summed E-state index contributed by atoms with van der Waals surface area (Å²) in [4.78, 5) is 12.4. The number of carbonyl (C=O) groups is 1. The van der Waals surface area contributed by atoms with Crippen LogP contribution >= 0.6 is 15.9 Å². The van der Waals surface area contributed by atoms with Crippen LogP contribution in [0.4, 0.5) is 5.69 Å². The van der Waals surface area contributed by atoms with Crippen molar-refractivity contribution < 1.29 is 9.21 Å². The van der Waals surface area contributed by atoms with Crippen molar-refractivity contribution in [2.75, 3.05) is 5.32 Å². The number of nitrogens with zero attached hydrogens (tertiary/aromatic N) is 2. The van der Waals surface area contributed by atoms with Crippen molar-refractivity contribution in [2.45, 2.75) is 34.2 Å². The summed E-state index contributed by atoms with van der Waals surface area (Å²) in [5, 5.41) is 7.36. The number of aryl methyl sites for hydroxylation is 2. The van der Waals surface area contributed by atoms with E-state index in [1.165, 1.54) is 0 Å². The van der Waals surface area contributed by atoms with Crippen molar-refractivity contribution in [1.82, 2.24) is 9.78 Å². The lowest BCUT2D eigenvalue weighted by Crippen LogP contribution is -2.12. The average molecular weight is 402 g/mol. The topological polar surface area (TPSA) is 60.1 Å². The van der Waals surface area contributed by atoms with Gasteiger partial charge in [-0.1, -0.05) is 12.1 Å². The van der Waals surface area contributed by atoms with Gasteiger partial charge in [0.05, 0.1) is 22.4 Å². The first kappa shape index (κ1) is 17.5. The molecule has 0 unspecified atom stereocenters. The van der Waals surface area contributed by atoms with E-state index in [4.69, 9.17) is 4.42 Å². The first-order valence-electron chi connectivity index (χ1n) is 8.02. The van der Waals surface area contributed by atoms with Crippen molar-refractivity contribution in [1.29, 1.82) is 0 Å². The summed E-state index contributed by atoms with van der Waals surface area (Å²) < 4.78 is 8.55. The zero-order valence-electron chi connectivity index (χ0n) is 14.7. The Labute approximate surface area is 155 Å². The number of carbonyl (C=O) groups excluding carboxylic acids is 1. The summed E-state index contributed by atoms with van der Waals surface area (Å²) in [6, 6.07) is 9.32. The Hall–Kier alpha value is -2.34. The Morgan fingerprint density at radius 2 is 1.96 bits per heavy atom. The van der Waals surface area contributed by atoms with Gasteiger partial charge in [-0.05, 0) is 73.0 Å². The van der Waals surface area contributed by atoms with Crippen LogP contribution < -0.4 is 5.32 Å². The van der Waals surface area contributed by atoms with Crippen LogP contribution in [0.25, 0.3) is 0 Å². The fraction of sp³-hybridized carbons (Fsp3) is 0.263. The number of aromatic nitrogens is 2. The maximum absolute atomic E-state index is 12.4. The van der Waals surface area contributed by atoms with Gasteiger partial charge in [-0.15, -0.1) is 0 Å². The quantitative estimate of drug-likeness (QED) is 0.684. The number of nitrogens with one attached hydrogen (secondary N) is 1. The second-order valence-corrected chi connectivity index (χ2v) is 6.90. The summed E-state index contributed by atoms with van der Waals surface area (Å²) in [7, 11) is 0. The predicted octanol–water partition coefficient (Wildman–Crippen LogP) is 4.77. The number of hydrogen-bond acceptors (Lipinski definition) is 3. The molecule has 0 saturated carbocycles. The molecule has 130 valence electrons. The molecule has 1 aromatic carbocycles. The molecule has 1 amide bonds. The standard InChI is InChI=1S/C19H20BrN3O2/c1-11-6-5-7-16(12(11)2)21-19(24)17-9-8-15(25-17)10-23-14(4)18(20)13(3)22-23/h5-9H,10H2,1-4H3,(H,21,24). The molecule has 0 bridgehead atoms. The summed E-state index contributed by atoms with van der Waals surface area (Å²) >= 11 is 3.51. The summed E-state index contributed by atoms with van der Waals surface area (Å²) in [6.45, 7) is 8.41.